The zero-order valence-corrected chi connectivity index (χ0v) is 12.5. The number of esters is 1. The van der Waals surface area contributed by atoms with E-state index >= 15 is 0 Å². The second-order valence-electron chi connectivity index (χ2n) is 4.46. The van der Waals surface area contributed by atoms with E-state index in [0.29, 0.717) is 5.75 Å². The maximum atomic E-state index is 11.4. The zero-order valence-electron chi connectivity index (χ0n) is 10.9. The third kappa shape index (κ3) is 5.68. The summed E-state index contributed by atoms with van der Waals surface area (Å²) >= 11 is 0. The molecule has 0 aliphatic heterocycles. The number of hydrogen-bond donors (Lipinski definition) is 1. The molecule has 0 amide bonds. The Kier molecular flexibility index (Phi) is 7.01. The molecule has 0 fully saturated rings. The molecule has 6 heteroatoms. The summed E-state index contributed by atoms with van der Waals surface area (Å²) in [4.78, 5) is 22.1. The van der Waals surface area contributed by atoms with Gasteiger partial charge in [-0.25, -0.2) is 0 Å². The molecule has 0 heterocycles. The van der Waals surface area contributed by atoms with Gasteiger partial charge >= 0.3 is 11.9 Å². The van der Waals surface area contributed by atoms with Gasteiger partial charge in [-0.2, -0.15) is 0 Å². The zero-order chi connectivity index (χ0) is 13.6. The standard InChI is InChI=1S/C11H20O4S2/c1-7(9(12)13)6-16-17-11(3,4)8(2)10(14)15-5/h7-8H,6H2,1-5H3,(H,12,13)/t7-,8+/m0/s1. The van der Waals surface area contributed by atoms with Crippen LogP contribution in [0, 0.1) is 11.8 Å². The van der Waals surface area contributed by atoms with Crippen molar-refractivity contribution in [2.24, 2.45) is 11.8 Å². The van der Waals surface area contributed by atoms with Crippen molar-refractivity contribution in [2.45, 2.75) is 32.4 Å². The number of carboxylic acids is 1. The van der Waals surface area contributed by atoms with Crippen LogP contribution >= 0.6 is 21.6 Å². The van der Waals surface area contributed by atoms with E-state index in [0.717, 1.165) is 0 Å². The van der Waals surface area contributed by atoms with Gasteiger partial charge in [0.1, 0.15) is 0 Å². The molecule has 0 bridgehead atoms. The Morgan fingerprint density at radius 2 is 1.88 bits per heavy atom. The molecule has 0 saturated carbocycles. The van der Waals surface area contributed by atoms with Gasteiger partial charge in [-0.3, -0.25) is 9.59 Å². The maximum Gasteiger partial charge on any atom is 0.309 e. The number of carboxylic acid groups (broad SMARTS) is 1. The van der Waals surface area contributed by atoms with Crippen LogP contribution in [0.3, 0.4) is 0 Å². The molecule has 0 aliphatic rings. The number of carbonyl (C=O) groups is 2. The molecule has 0 unspecified atom stereocenters. The first-order valence-electron chi connectivity index (χ1n) is 5.33. The lowest BCUT2D eigenvalue weighted by Gasteiger charge is -2.28. The summed E-state index contributed by atoms with van der Waals surface area (Å²) in [6.07, 6.45) is 0. The third-order valence-electron chi connectivity index (χ3n) is 2.61. The van der Waals surface area contributed by atoms with Crippen molar-refractivity contribution in [1.82, 2.24) is 0 Å². The lowest BCUT2D eigenvalue weighted by molar-refractivity contribution is -0.145. The average molecular weight is 280 g/mol. The van der Waals surface area contributed by atoms with Gasteiger partial charge in [-0.05, 0) is 13.8 Å². The Morgan fingerprint density at radius 3 is 2.29 bits per heavy atom. The highest BCUT2D eigenvalue weighted by molar-refractivity contribution is 8.77. The fourth-order valence-corrected chi connectivity index (χ4v) is 4.01. The van der Waals surface area contributed by atoms with E-state index in [-0.39, 0.29) is 22.6 Å². The molecule has 0 spiro atoms. The number of carbonyl (C=O) groups excluding carboxylic acids is 1. The van der Waals surface area contributed by atoms with Crippen LogP contribution in [0.15, 0.2) is 0 Å². The normalized spacial score (nSPS) is 15.1. The first-order chi connectivity index (χ1) is 7.72. The van der Waals surface area contributed by atoms with Gasteiger partial charge < -0.3 is 9.84 Å². The number of rotatable bonds is 7. The van der Waals surface area contributed by atoms with Crippen molar-refractivity contribution in [3.05, 3.63) is 0 Å². The number of aliphatic carboxylic acids is 1. The lowest BCUT2D eigenvalue weighted by Crippen LogP contribution is -2.32. The highest BCUT2D eigenvalue weighted by Crippen LogP contribution is 2.41. The molecule has 0 rings (SSSR count). The molecule has 0 aromatic rings. The molecule has 1 N–H and O–H groups in total. The van der Waals surface area contributed by atoms with Crippen LogP contribution in [0.4, 0.5) is 0 Å². The van der Waals surface area contributed by atoms with Gasteiger partial charge in [-0.15, -0.1) is 0 Å². The van der Waals surface area contributed by atoms with Crippen molar-refractivity contribution in [3.63, 3.8) is 0 Å². The van der Waals surface area contributed by atoms with E-state index in [1.54, 1.807) is 6.92 Å². The van der Waals surface area contributed by atoms with Crippen molar-refractivity contribution in [2.75, 3.05) is 12.9 Å². The number of hydrogen-bond acceptors (Lipinski definition) is 5. The molecule has 2 atom stereocenters. The largest absolute Gasteiger partial charge is 0.481 e. The summed E-state index contributed by atoms with van der Waals surface area (Å²) < 4.78 is 4.43. The summed E-state index contributed by atoms with van der Waals surface area (Å²) in [5, 5.41) is 8.75. The van der Waals surface area contributed by atoms with Gasteiger partial charge in [-0.1, -0.05) is 35.4 Å². The van der Waals surface area contributed by atoms with Crippen molar-refractivity contribution in [3.8, 4) is 0 Å². The van der Waals surface area contributed by atoms with Crippen molar-refractivity contribution in [1.29, 1.82) is 0 Å². The summed E-state index contributed by atoms with van der Waals surface area (Å²) in [5.41, 5.74) is 0. The Balaban J connectivity index is 4.18. The van der Waals surface area contributed by atoms with E-state index < -0.39 is 5.97 Å². The van der Waals surface area contributed by atoms with Gasteiger partial charge in [0.05, 0.1) is 18.9 Å². The molecule has 4 nitrogen and oxygen atoms in total. The molecular weight excluding hydrogens is 260 g/mol. The van der Waals surface area contributed by atoms with Crippen LogP contribution < -0.4 is 0 Å². The fourth-order valence-electron chi connectivity index (χ4n) is 0.892. The second-order valence-corrected chi connectivity index (χ2v) is 7.45. The van der Waals surface area contributed by atoms with E-state index in [9.17, 15) is 9.59 Å². The van der Waals surface area contributed by atoms with Crippen LogP contribution in [0.5, 0.6) is 0 Å². The van der Waals surface area contributed by atoms with Gasteiger partial charge in [0.25, 0.3) is 0 Å². The van der Waals surface area contributed by atoms with Crippen LogP contribution in [0.1, 0.15) is 27.7 Å². The number of methoxy groups -OCH3 is 1. The minimum absolute atomic E-state index is 0.231. The third-order valence-corrected chi connectivity index (χ3v) is 6.20. The molecule has 0 aliphatic carbocycles. The Labute approximate surface area is 110 Å². The Bertz CT molecular complexity index is 279. The monoisotopic (exact) mass is 280 g/mol. The smallest absolute Gasteiger partial charge is 0.309 e. The van der Waals surface area contributed by atoms with Crippen LogP contribution in [0.2, 0.25) is 0 Å². The maximum absolute atomic E-state index is 11.4. The summed E-state index contributed by atoms with van der Waals surface area (Å²) in [6, 6.07) is 0. The fraction of sp³-hybridized carbons (Fsp3) is 0.818. The quantitative estimate of drug-likeness (QED) is 0.571. The minimum Gasteiger partial charge on any atom is -0.481 e. The molecule has 0 radical (unpaired) electrons. The van der Waals surface area contributed by atoms with Gasteiger partial charge in [0.15, 0.2) is 0 Å². The minimum atomic E-state index is -0.795. The summed E-state index contributed by atoms with van der Waals surface area (Å²) in [6.45, 7) is 7.40. The Hall–Kier alpha value is -0.360. The van der Waals surface area contributed by atoms with Crippen molar-refractivity contribution >= 4 is 33.5 Å². The average Bonchev–Trinajstić information content (AvgIpc) is 2.26. The highest BCUT2D eigenvalue weighted by Gasteiger charge is 2.33. The van der Waals surface area contributed by atoms with E-state index in [4.69, 9.17) is 9.84 Å². The molecule has 0 saturated heterocycles. The highest BCUT2D eigenvalue weighted by atomic mass is 33.1. The predicted octanol–water partition coefficient (Wildman–Crippen LogP) is 2.68. The number of ether oxygens (including phenoxy) is 1. The van der Waals surface area contributed by atoms with Crippen molar-refractivity contribution < 1.29 is 19.4 Å². The Morgan fingerprint density at radius 1 is 1.35 bits per heavy atom. The summed E-state index contributed by atoms with van der Waals surface area (Å²) in [5.74, 6) is -1.12. The second kappa shape index (κ2) is 7.16. The topological polar surface area (TPSA) is 63.6 Å². The molecule has 0 aromatic heterocycles. The SMILES string of the molecule is COC(=O)[C@@H](C)C(C)(C)SSC[C@H](C)C(=O)O. The van der Waals surface area contributed by atoms with Crippen LogP contribution in [-0.2, 0) is 14.3 Å². The molecule has 100 valence electrons. The molecular formula is C11H20O4S2. The van der Waals surface area contributed by atoms with Gasteiger partial charge in [0.2, 0.25) is 0 Å². The van der Waals surface area contributed by atoms with Crippen LogP contribution in [-0.4, -0.2) is 34.7 Å². The molecule has 0 aromatic carbocycles. The van der Waals surface area contributed by atoms with E-state index in [1.165, 1.54) is 28.7 Å². The van der Waals surface area contributed by atoms with Gasteiger partial charge in [0, 0.05) is 10.5 Å². The lowest BCUT2D eigenvalue weighted by atomic mass is 9.97. The van der Waals surface area contributed by atoms with E-state index in [2.05, 4.69) is 0 Å². The van der Waals surface area contributed by atoms with E-state index in [1.807, 2.05) is 20.8 Å². The predicted molar refractivity (Wildman–Crippen MR) is 72.1 cm³/mol. The summed E-state index contributed by atoms with van der Waals surface area (Å²) in [7, 11) is 4.38. The van der Waals surface area contributed by atoms with Crippen LogP contribution in [0.25, 0.3) is 0 Å². The first kappa shape index (κ1) is 16.6. The first-order valence-corrected chi connectivity index (χ1v) is 7.65. The molecule has 17 heavy (non-hydrogen) atoms.